The molecule has 0 N–H and O–H groups in total. The Morgan fingerprint density at radius 1 is 0.800 bits per heavy atom. The van der Waals surface area contributed by atoms with E-state index in [1.54, 1.807) is 0 Å². The number of rotatable bonds is 8. The molecule has 20 heavy (non-hydrogen) atoms. The zero-order chi connectivity index (χ0) is 14.0. The van der Waals surface area contributed by atoms with Crippen molar-refractivity contribution >= 4 is 10.8 Å². The first-order valence-corrected chi connectivity index (χ1v) is 8.03. The fourth-order valence-corrected chi connectivity index (χ4v) is 2.67. The van der Waals surface area contributed by atoms with Crippen molar-refractivity contribution in [3.63, 3.8) is 0 Å². The van der Waals surface area contributed by atoms with E-state index >= 15 is 0 Å². The third-order valence-corrected chi connectivity index (χ3v) is 3.85. The summed E-state index contributed by atoms with van der Waals surface area (Å²) < 4.78 is 0. The van der Waals surface area contributed by atoms with Crippen molar-refractivity contribution < 1.29 is 0 Å². The minimum absolute atomic E-state index is 1.15. The van der Waals surface area contributed by atoms with Gasteiger partial charge in [0.05, 0.1) is 0 Å². The second kappa shape index (κ2) is 8.58. The number of hydrogen-bond acceptors (Lipinski definition) is 0. The molecule has 0 aliphatic rings. The highest BCUT2D eigenvalue weighted by Crippen LogP contribution is 2.19. The molecule has 0 aliphatic carbocycles. The number of fused-ring (bicyclic) bond motifs is 1. The van der Waals surface area contributed by atoms with Crippen LogP contribution in [0.1, 0.15) is 51.0 Å². The lowest BCUT2D eigenvalue weighted by Gasteiger charge is -2.04. The predicted molar refractivity (Wildman–Crippen MR) is 90.2 cm³/mol. The van der Waals surface area contributed by atoms with Crippen LogP contribution in [0.5, 0.6) is 0 Å². The molecule has 0 amide bonds. The van der Waals surface area contributed by atoms with Crippen LogP contribution in [0.4, 0.5) is 0 Å². The van der Waals surface area contributed by atoms with Crippen molar-refractivity contribution in [1.82, 2.24) is 0 Å². The van der Waals surface area contributed by atoms with Crippen molar-refractivity contribution in [3.05, 3.63) is 60.2 Å². The summed E-state index contributed by atoms with van der Waals surface area (Å²) in [5.41, 5.74) is 1.47. The van der Waals surface area contributed by atoms with E-state index in [0.717, 1.165) is 12.8 Å². The Morgan fingerprint density at radius 2 is 1.60 bits per heavy atom. The average Bonchev–Trinajstić information content (AvgIpc) is 2.50. The van der Waals surface area contributed by atoms with E-state index in [1.165, 1.54) is 48.4 Å². The summed E-state index contributed by atoms with van der Waals surface area (Å²) in [6.45, 7) is 2.26. The molecule has 0 spiro atoms. The van der Waals surface area contributed by atoms with Gasteiger partial charge in [-0.05, 0) is 42.0 Å². The van der Waals surface area contributed by atoms with Crippen LogP contribution in [0.2, 0.25) is 0 Å². The topological polar surface area (TPSA) is 0 Å². The molecule has 0 heterocycles. The molecule has 0 unspecified atom stereocenters. The molecule has 0 saturated heterocycles. The lowest BCUT2D eigenvalue weighted by Crippen LogP contribution is -1.85. The van der Waals surface area contributed by atoms with Gasteiger partial charge in [-0.25, -0.2) is 0 Å². The zero-order valence-corrected chi connectivity index (χ0v) is 12.6. The van der Waals surface area contributed by atoms with Crippen molar-refractivity contribution in [2.45, 2.75) is 51.9 Å². The van der Waals surface area contributed by atoms with Gasteiger partial charge in [-0.1, -0.05) is 80.8 Å². The van der Waals surface area contributed by atoms with Gasteiger partial charge in [0, 0.05) is 0 Å². The van der Waals surface area contributed by atoms with Gasteiger partial charge in [-0.2, -0.15) is 0 Å². The second-order valence-electron chi connectivity index (χ2n) is 5.50. The molecular weight excluding hydrogens is 240 g/mol. The first-order chi connectivity index (χ1) is 9.92. The zero-order valence-electron chi connectivity index (χ0n) is 12.6. The molecule has 0 bridgehead atoms. The van der Waals surface area contributed by atoms with Crippen molar-refractivity contribution in [3.8, 4) is 0 Å². The monoisotopic (exact) mass is 266 g/mol. The van der Waals surface area contributed by atoms with Gasteiger partial charge in [0.15, 0.2) is 0 Å². The quantitative estimate of drug-likeness (QED) is 0.388. The van der Waals surface area contributed by atoms with E-state index in [0.29, 0.717) is 0 Å². The first kappa shape index (κ1) is 14.8. The normalized spacial score (nSPS) is 11.4. The summed E-state index contributed by atoms with van der Waals surface area (Å²) in [7, 11) is 0. The SMILES string of the molecule is CCCCCC/C=C/CCc1cccc2ccccc12. The molecule has 106 valence electrons. The molecule has 0 aromatic heterocycles. The highest BCUT2D eigenvalue weighted by Gasteiger charge is 1.98. The maximum absolute atomic E-state index is 2.36. The molecule has 2 aromatic rings. The van der Waals surface area contributed by atoms with Crippen LogP contribution < -0.4 is 0 Å². The largest absolute Gasteiger partial charge is 0.0885 e. The smallest absolute Gasteiger partial charge is 0.0152 e. The summed E-state index contributed by atoms with van der Waals surface area (Å²) in [6, 6.07) is 15.3. The Balaban J connectivity index is 1.80. The summed E-state index contributed by atoms with van der Waals surface area (Å²) in [5, 5.41) is 2.76. The molecule has 0 atom stereocenters. The number of hydrogen-bond donors (Lipinski definition) is 0. The van der Waals surface area contributed by atoms with E-state index in [1.807, 2.05) is 0 Å². The molecule has 0 aliphatic heterocycles. The van der Waals surface area contributed by atoms with Gasteiger partial charge >= 0.3 is 0 Å². The number of allylic oxidation sites excluding steroid dienone is 2. The summed E-state index contributed by atoms with van der Waals surface area (Å²) >= 11 is 0. The fourth-order valence-electron chi connectivity index (χ4n) is 2.67. The van der Waals surface area contributed by atoms with Crippen molar-refractivity contribution in [2.75, 3.05) is 0 Å². The molecule has 2 aromatic carbocycles. The molecule has 0 fully saturated rings. The molecule has 0 nitrogen and oxygen atoms in total. The number of benzene rings is 2. The highest BCUT2D eigenvalue weighted by molar-refractivity contribution is 5.85. The predicted octanol–water partition coefficient (Wildman–Crippen LogP) is 6.30. The van der Waals surface area contributed by atoms with Gasteiger partial charge in [0.1, 0.15) is 0 Å². The van der Waals surface area contributed by atoms with Gasteiger partial charge in [0.25, 0.3) is 0 Å². The van der Waals surface area contributed by atoms with Crippen LogP contribution in [0.25, 0.3) is 10.8 Å². The van der Waals surface area contributed by atoms with Crippen LogP contribution in [-0.4, -0.2) is 0 Å². The Morgan fingerprint density at radius 3 is 2.50 bits per heavy atom. The van der Waals surface area contributed by atoms with Crippen LogP contribution in [0.15, 0.2) is 54.6 Å². The average molecular weight is 266 g/mol. The summed E-state index contributed by atoms with van der Waals surface area (Å²) in [5.74, 6) is 0. The molecule has 0 saturated carbocycles. The Bertz CT molecular complexity index is 531. The van der Waals surface area contributed by atoms with Gasteiger partial charge in [0.2, 0.25) is 0 Å². The van der Waals surface area contributed by atoms with E-state index in [9.17, 15) is 0 Å². The minimum Gasteiger partial charge on any atom is -0.0885 e. The van der Waals surface area contributed by atoms with E-state index in [-0.39, 0.29) is 0 Å². The van der Waals surface area contributed by atoms with E-state index < -0.39 is 0 Å². The third-order valence-electron chi connectivity index (χ3n) is 3.85. The van der Waals surface area contributed by atoms with Gasteiger partial charge in [-0.15, -0.1) is 0 Å². The van der Waals surface area contributed by atoms with Gasteiger partial charge in [-0.3, -0.25) is 0 Å². The summed E-state index contributed by atoms with van der Waals surface area (Å²) in [6.07, 6.45) is 13.7. The van der Waals surface area contributed by atoms with Crippen molar-refractivity contribution in [2.24, 2.45) is 0 Å². The number of unbranched alkanes of at least 4 members (excludes halogenated alkanes) is 4. The highest BCUT2D eigenvalue weighted by atomic mass is 14.0. The van der Waals surface area contributed by atoms with Crippen LogP contribution in [0.3, 0.4) is 0 Å². The van der Waals surface area contributed by atoms with Gasteiger partial charge < -0.3 is 0 Å². The Hall–Kier alpha value is -1.56. The van der Waals surface area contributed by atoms with Crippen LogP contribution in [-0.2, 0) is 6.42 Å². The third kappa shape index (κ3) is 4.52. The maximum Gasteiger partial charge on any atom is -0.0152 e. The van der Waals surface area contributed by atoms with Crippen LogP contribution >= 0.6 is 0 Å². The molecule has 0 radical (unpaired) electrons. The van der Waals surface area contributed by atoms with E-state index in [4.69, 9.17) is 0 Å². The Kier molecular flexibility index (Phi) is 6.37. The van der Waals surface area contributed by atoms with Crippen LogP contribution in [0, 0.1) is 0 Å². The maximum atomic E-state index is 2.36. The first-order valence-electron chi connectivity index (χ1n) is 8.03. The minimum atomic E-state index is 1.15. The standard InChI is InChI=1S/C20H26/c1-2-3-4-5-6-7-8-9-13-18-15-12-16-19-14-10-11-17-20(18)19/h7-8,10-12,14-17H,2-6,9,13H2,1H3/b8-7+. The molecular formula is C20H26. The number of aryl methyl sites for hydroxylation is 1. The summed E-state index contributed by atoms with van der Waals surface area (Å²) in [4.78, 5) is 0. The molecule has 2 rings (SSSR count). The fraction of sp³-hybridized carbons (Fsp3) is 0.400. The van der Waals surface area contributed by atoms with Crippen molar-refractivity contribution in [1.29, 1.82) is 0 Å². The van der Waals surface area contributed by atoms with E-state index in [2.05, 4.69) is 61.5 Å². The lowest BCUT2D eigenvalue weighted by atomic mass is 10.0. The molecule has 0 heteroatoms. The Labute approximate surface area is 123 Å². The second-order valence-corrected chi connectivity index (χ2v) is 5.50. The lowest BCUT2D eigenvalue weighted by molar-refractivity contribution is 0.674.